The van der Waals surface area contributed by atoms with Crippen molar-refractivity contribution < 1.29 is 39.5 Å². The summed E-state index contributed by atoms with van der Waals surface area (Å²) < 4.78 is 106. The third kappa shape index (κ3) is 5.04. The van der Waals surface area contributed by atoms with Crippen molar-refractivity contribution >= 4 is 33.6 Å². The minimum absolute atomic E-state index is 0.171. The van der Waals surface area contributed by atoms with Gasteiger partial charge in [0.05, 0.1) is 28.2 Å². The topological polar surface area (TPSA) is 57.5 Å². The van der Waals surface area contributed by atoms with Crippen molar-refractivity contribution in [3.05, 3.63) is 117 Å². The van der Waals surface area contributed by atoms with Gasteiger partial charge in [-0.3, -0.25) is 9.36 Å². The van der Waals surface area contributed by atoms with E-state index in [-0.39, 0.29) is 32.3 Å². The van der Waals surface area contributed by atoms with Crippen LogP contribution in [0.3, 0.4) is 0 Å². The van der Waals surface area contributed by atoms with Gasteiger partial charge in [0.25, 0.3) is 5.56 Å². The van der Waals surface area contributed by atoms with Crippen LogP contribution in [0.1, 0.15) is 0 Å². The summed E-state index contributed by atoms with van der Waals surface area (Å²) in [6, 6.07) is 15.0. The van der Waals surface area contributed by atoms with Crippen molar-refractivity contribution in [1.82, 2.24) is 4.57 Å². The number of aromatic nitrogens is 1. The van der Waals surface area contributed by atoms with Gasteiger partial charge in [0.15, 0.2) is 0 Å². The highest BCUT2D eigenvalue weighted by Crippen LogP contribution is 2.37. The zero-order chi connectivity index (χ0) is 29.6. The minimum Gasteiger partial charge on any atom is -0.495 e. The van der Waals surface area contributed by atoms with Gasteiger partial charge >= 0.3 is 0 Å². The van der Waals surface area contributed by atoms with E-state index >= 15 is 0 Å². The first-order valence-corrected chi connectivity index (χ1v) is 12.9. The molecule has 0 aliphatic carbocycles. The Morgan fingerprint density at radius 2 is 1.49 bits per heavy atom. The number of hydrogen-bond donors (Lipinski definition) is 0. The summed E-state index contributed by atoms with van der Waals surface area (Å²) in [6.45, 7) is 0. The molecule has 5 rings (SSSR count). The molecule has 0 aliphatic rings. The van der Waals surface area contributed by atoms with Gasteiger partial charge in [-0.25, -0.2) is 21.8 Å². The lowest BCUT2D eigenvalue weighted by atomic mass is 10.0. The monoisotopic (exact) mass is 609 g/mol. The van der Waals surface area contributed by atoms with Gasteiger partial charge < -0.3 is 8.92 Å². The maximum absolute atomic E-state index is 14.0. The van der Waals surface area contributed by atoms with Gasteiger partial charge in [0, 0.05) is 17.0 Å². The van der Waals surface area contributed by atoms with Gasteiger partial charge in [-0.05, 0) is 54.1 Å². The molecule has 0 fully saturated rings. The Labute approximate surface area is 234 Å². The molecule has 0 amide bonds. The fraction of sp³-hybridized carbons (Fsp3) is 0.0357. The number of pyridine rings is 1. The molecule has 1 unspecified atom stereocenters. The van der Waals surface area contributed by atoms with E-state index in [2.05, 4.69) is 4.18 Å². The zero-order valence-electron chi connectivity index (χ0n) is 20.5. The van der Waals surface area contributed by atoms with Crippen LogP contribution in [0.4, 0.5) is 26.3 Å². The molecular weight excluding hydrogens is 596 g/mol. The molecule has 0 saturated heterocycles. The highest BCUT2D eigenvalue weighted by Gasteiger charge is 2.29. The number of hydrogen-bond acceptors (Lipinski definition) is 4. The maximum Gasteiger partial charge on any atom is 0.255 e. The summed E-state index contributed by atoms with van der Waals surface area (Å²) in [4.78, 5) is 12.8. The average Bonchev–Trinajstić information content (AvgIpc) is 2.96. The normalized spacial score (nSPS) is 12.0. The van der Waals surface area contributed by atoms with Gasteiger partial charge in [-0.15, -0.1) is 0 Å². The zero-order valence-corrected chi connectivity index (χ0v) is 22.1. The van der Waals surface area contributed by atoms with E-state index in [4.69, 9.17) is 16.3 Å². The fourth-order valence-corrected chi connectivity index (χ4v) is 5.18. The molecule has 210 valence electrons. The largest absolute Gasteiger partial charge is 0.495 e. The second kappa shape index (κ2) is 10.9. The predicted molar refractivity (Wildman–Crippen MR) is 140 cm³/mol. The molecule has 0 aliphatic heterocycles. The fourth-order valence-electron chi connectivity index (χ4n) is 4.12. The van der Waals surface area contributed by atoms with Crippen LogP contribution in [0.2, 0.25) is 5.02 Å². The van der Waals surface area contributed by atoms with E-state index in [1.54, 1.807) is 6.07 Å². The van der Waals surface area contributed by atoms with Crippen LogP contribution in [0.5, 0.6) is 11.5 Å². The number of benzene rings is 4. The number of ether oxygens (including phenoxy) is 1. The Bertz CT molecular complexity index is 1920. The highest BCUT2D eigenvalue weighted by molar-refractivity contribution is 7.80. The predicted octanol–water partition coefficient (Wildman–Crippen LogP) is 7.26. The van der Waals surface area contributed by atoms with Crippen LogP contribution in [-0.4, -0.2) is 15.9 Å². The molecule has 1 aromatic heterocycles. The van der Waals surface area contributed by atoms with E-state index in [9.17, 15) is 35.3 Å². The van der Waals surface area contributed by atoms with Crippen LogP contribution in [0, 0.1) is 34.9 Å². The maximum atomic E-state index is 14.0. The number of nitrogens with zero attached hydrogens (tertiary/aromatic N) is 1. The summed E-state index contributed by atoms with van der Waals surface area (Å²) in [5.41, 5.74) is 0.841. The molecule has 5 aromatic rings. The third-order valence-corrected chi connectivity index (χ3v) is 7.30. The lowest BCUT2D eigenvalue weighted by molar-refractivity contribution is 0.352. The Morgan fingerprint density at radius 1 is 0.805 bits per heavy atom. The molecule has 5 nitrogen and oxygen atoms in total. The van der Waals surface area contributed by atoms with Crippen molar-refractivity contribution in [3.8, 4) is 28.3 Å². The Morgan fingerprint density at radius 3 is 2.15 bits per heavy atom. The van der Waals surface area contributed by atoms with Crippen LogP contribution >= 0.6 is 11.6 Å². The van der Waals surface area contributed by atoms with Crippen molar-refractivity contribution in [2.75, 3.05) is 7.11 Å². The van der Waals surface area contributed by atoms with Gasteiger partial charge in [0.1, 0.15) is 11.6 Å². The minimum atomic E-state index is -2.73. The first-order valence-electron chi connectivity index (χ1n) is 11.4. The first-order chi connectivity index (χ1) is 19.5. The summed E-state index contributed by atoms with van der Waals surface area (Å²) in [7, 11) is 1.36. The summed E-state index contributed by atoms with van der Waals surface area (Å²) in [5, 5.41) is 0.452. The summed E-state index contributed by atoms with van der Waals surface area (Å²) in [5.74, 6) is -13.5. The van der Waals surface area contributed by atoms with E-state index in [0.29, 0.717) is 11.1 Å². The molecule has 1 heterocycles. The number of fused-ring (bicyclic) bond motifs is 1. The smallest absolute Gasteiger partial charge is 0.255 e. The number of halogens is 7. The number of rotatable bonds is 6. The number of methoxy groups -OCH3 is 1. The molecule has 0 radical (unpaired) electrons. The lowest BCUT2D eigenvalue weighted by Gasteiger charge is -2.17. The summed E-state index contributed by atoms with van der Waals surface area (Å²) in [6.07, 6.45) is 0. The van der Waals surface area contributed by atoms with E-state index in [0.717, 1.165) is 0 Å². The van der Waals surface area contributed by atoms with E-state index in [1.165, 1.54) is 72.3 Å². The van der Waals surface area contributed by atoms with Crippen molar-refractivity contribution in [2.24, 2.45) is 0 Å². The summed E-state index contributed by atoms with van der Waals surface area (Å²) >= 11 is 3.79. The van der Waals surface area contributed by atoms with Crippen molar-refractivity contribution in [2.45, 2.75) is 4.90 Å². The first kappa shape index (κ1) is 28.2. The van der Waals surface area contributed by atoms with Crippen molar-refractivity contribution in [3.63, 3.8) is 0 Å². The van der Waals surface area contributed by atoms with E-state index in [1.807, 2.05) is 0 Å². The standard InChI is InChI=1S/C28H14ClF6NO4S/c1-39-21-11-17(13-3-2-4-15(30)9-13)18(29)12-20(21)36-19-7-6-16(10-14(19)5-8-22(36)37)41(38)40-28-26(34)24(32)23(31)25(33)27(28)35/h2-12H,1H3. The quantitative estimate of drug-likeness (QED) is 0.116. The molecule has 13 heteroatoms. The van der Waals surface area contributed by atoms with Crippen LogP contribution in [0.25, 0.3) is 27.7 Å². The SMILES string of the molecule is COc1cc(-c2cccc(F)c2)c(Cl)cc1-n1c(=O)ccc2cc(S(=O)Oc3c(F)c(F)c(F)c(F)c3F)ccc21. The molecule has 0 spiro atoms. The van der Waals surface area contributed by atoms with Crippen molar-refractivity contribution in [1.29, 1.82) is 0 Å². The Hall–Kier alpha value is -4.29. The van der Waals surface area contributed by atoms with Gasteiger partial charge in [0.2, 0.25) is 45.9 Å². The third-order valence-electron chi connectivity index (χ3n) is 6.03. The van der Waals surface area contributed by atoms with Gasteiger partial charge in [-0.2, -0.15) is 8.78 Å². The highest BCUT2D eigenvalue weighted by atomic mass is 35.5. The van der Waals surface area contributed by atoms with E-state index < -0.39 is 57.3 Å². The Kier molecular flexibility index (Phi) is 7.54. The molecule has 0 saturated carbocycles. The second-order valence-corrected chi connectivity index (χ2v) is 9.97. The molecule has 4 aromatic carbocycles. The molecular formula is C28H14ClF6NO4S. The molecule has 0 bridgehead atoms. The molecule has 0 N–H and O–H groups in total. The Balaban J connectivity index is 1.59. The molecule has 1 atom stereocenters. The second-order valence-electron chi connectivity index (χ2n) is 8.46. The van der Waals surface area contributed by atoms with Gasteiger partial charge in [-0.1, -0.05) is 23.7 Å². The molecule has 41 heavy (non-hydrogen) atoms. The lowest BCUT2D eigenvalue weighted by Crippen LogP contribution is -2.18. The van der Waals surface area contributed by atoms with Crippen LogP contribution in [0.15, 0.2) is 76.4 Å². The van der Waals surface area contributed by atoms with Crippen LogP contribution < -0.4 is 14.5 Å². The average molecular weight is 610 g/mol. The van der Waals surface area contributed by atoms with Crippen LogP contribution in [-0.2, 0) is 11.1 Å².